The fraction of sp³-hybridized carbons (Fsp3) is 0.318. The second kappa shape index (κ2) is 9.37. The van der Waals surface area contributed by atoms with Gasteiger partial charge in [0.1, 0.15) is 19.5 Å². The molecule has 6 nitrogen and oxygen atoms in total. The summed E-state index contributed by atoms with van der Waals surface area (Å²) in [5, 5.41) is 10.3. The van der Waals surface area contributed by atoms with Gasteiger partial charge in [-0.2, -0.15) is 13.2 Å². The highest BCUT2D eigenvalue weighted by Crippen LogP contribution is 2.38. The zero-order valence-electron chi connectivity index (χ0n) is 17.6. The lowest BCUT2D eigenvalue weighted by Gasteiger charge is -2.13. The summed E-state index contributed by atoms with van der Waals surface area (Å²) in [7, 11) is 2.77. The van der Waals surface area contributed by atoms with Crippen molar-refractivity contribution in [1.29, 1.82) is 0 Å². The van der Waals surface area contributed by atoms with Crippen molar-refractivity contribution in [3.8, 4) is 0 Å². The van der Waals surface area contributed by atoms with Crippen molar-refractivity contribution in [1.82, 2.24) is 5.32 Å². The molecule has 1 aliphatic carbocycles. The summed E-state index contributed by atoms with van der Waals surface area (Å²) < 4.78 is 53.6. The maximum absolute atomic E-state index is 13.8. The van der Waals surface area contributed by atoms with Crippen LogP contribution < -0.4 is 5.32 Å². The first kappa shape index (κ1) is 23.2. The Kier molecular flexibility index (Phi) is 6.81. The Bertz CT molecular complexity index is 1090. The first-order chi connectivity index (χ1) is 15.2. The Morgan fingerprint density at radius 1 is 1.22 bits per heavy atom. The summed E-state index contributed by atoms with van der Waals surface area (Å²) in [6, 6.07) is 6.75. The molecule has 0 unspecified atom stereocenters. The van der Waals surface area contributed by atoms with E-state index in [1.54, 1.807) is 25.1 Å². The summed E-state index contributed by atoms with van der Waals surface area (Å²) in [6.45, 7) is 1.72. The average Bonchev–Trinajstić information content (AvgIpc) is 3.14. The van der Waals surface area contributed by atoms with Crippen molar-refractivity contribution in [2.75, 3.05) is 14.2 Å². The second-order valence-electron chi connectivity index (χ2n) is 7.09. The Balaban J connectivity index is 1.90. The van der Waals surface area contributed by atoms with Gasteiger partial charge in [-0.15, -0.1) is 0 Å². The fourth-order valence-corrected chi connectivity index (χ4v) is 3.60. The van der Waals surface area contributed by atoms with Crippen molar-refractivity contribution < 1.29 is 32.0 Å². The van der Waals surface area contributed by atoms with Gasteiger partial charge in [-0.1, -0.05) is 28.5 Å². The van der Waals surface area contributed by atoms with E-state index >= 15 is 0 Å². The van der Waals surface area contributed by atoms with E-state index in [9.17, 15) is 22.4 Å². The van der Waals surface area contributed by atoms with Gasteiger partial charge in [-0.25, -0.2) is 4.39 Å². The van der Waals surface area contributed by atoms with Gasteiger partial charge in [-0.3, -0.25) is 4.79 Å². The molecule has 0 aromatic heterocycles. The second-order valence-corrected chi connectivity index (χ2v) is 7.09. The maximum atomic E-state index is 13.8. The minimum absolute atomic E-state index is 0.00645. The third-order valence-electron chi connectivity index (χ3n) is 5.12. The number of hydrogen-bond acceptors (Lipinski definition) is 5. The largest absolute Gasteiger partial charge is 0.416 e. The lowest BCUT2D eigenvalue weighted by atomic mass is 9.98. The molecule has 0 heterocycles. The molecule has 1 aliphatic rings. The lowest BCUT2D eigenvalue weighted by Crippen LogP contribution is -2.29. The standard InChI is InChI=1S/C22H21F4N3O3/c1-12-5-4-6-15(20(29-31-3)21(30)27-2)17(12)11-32-28-19-8-7-14-16(19)9-13(23)10-18(14)22(24,25)26/h4-6,9-10H,7-8,11H2,1-3H3,(H,27,30)/b28-19+,29-20+. The number of likely N-dealkylation sites (N-methyl/N-ethyl adjacent to an activating group) is 1. The van der Waals surface area contributed by atoms with Crippen LogP contribution in [0.15, 0.2) is 40.6 Å². The minimum atomic E-state index is -4.66. The number of oxime groups is 2. The number of rotatable bonds is 6. The number of carbonyl (C=O) groups is 1. The molecule has 0 fully saturated rings. The van der Waals surface area contributed by atoms with Crippen LogP contribution in [0.4, 0.5) is 17.6 Å². The van der Waals surface area contributed by atoms with E-state index in [1.807, 2.05) is 0 Å². The van der Waals surface area contributed by atoms with E-state index in [4.69, 9.17) is 9.68 Å². The van der Waals surface area contributed by atoms with Gasteiger partial charge in [0.05, 0.1) is 11.3 Å². The Hall–Kier alpha value is -3.43. The zero-order valence-corrected chi connectivity index (χ0v) is 17.6. The van der Waals surface area contributed by atoms with Crippen LogP contribution in [-0.4, -0.2) is 31.5 Å². The molecule has 0 saturated carbocycles. The van der Waals surface area contributed by atoms with Crippen LogP contribution in [0.5, 0.6) is 0 Å². The normalized spacial score (nSPS) is 15.0. The van der Waals surface area contributed by atoms with E-state index in [1.165, 1.54) is 14.2 Å². The van der Waals surface area contributed by atoms with E-state index in [0.29, 0.717) is 17.2 Å². The molecule has 1 amide bonds. The highest BCUT2D eigenvalue weighted by molar-refractivity contribution is 6.45. The van der Waals surface area contributed by atoms with Gasteiger partial charge < -0.3 is 15.0 Å². The highest BCUT2D eigenvalue weighted by Gasteiger charge is 2.37. The molecule has 10 heteroatoms. The van der Waals surface area contributed by atoms with Crippen LogP contribution >= 0.6 is 0 Å². The van der Waals surface area contributed by atoms with Gasteiger partial charge >= 0.3 is 6.18 Å². The summed E-state index contributed by atoms with van der Waals surface area (Å²) in [4.78, 5) is 22.4. The monoisotopic (exact) mass is 451 g/mol. The Labute approximate surface area is 181 Å². The summed E-state index contributed by atoms with van der Waals surface area (Å²) in [5.74, 6) is -1.46. The fourth-order valence-electron chi connectivity index (χ4n) is 3.60. The smallest absolute Gasteiger partial charge is 0.398 e. The molecule has 2 aromatic rings. The predicted octanol–water partition coefficient (Wildman–Crippen LogP) is 4.12. The van der Waals surface area contributed by atoms with Crippen molar-refractivity contribution in [3.05, 3.63) is 69.5 Å². The van der Waals surface area contributed by atoms with Gasteiger partial charge in [0.2, 0.25) is 0 Å². The molecule has 0 radical (unpaired) electrons. The van der Waals surface area contributed by atoms with Gasteiger partial charge in [0, 0.05) is 23.7 Å². The van der Waals surface area contributed by atoms with Gasteiger partial charge in [0.15, 0.2) is 5.71 Å². The van der Waals surface area contributed by atoms with Crippen molar-refractivity contribution in [3.63, 3.8) is 0 Å². The number of carbonyl (C=O) groups excluding carboxylic acids is 1. The number of nitrogens with one attached hydrogen (secondary N) is 1. The third-order valence-corrected chi connectivity index (χ3v) is 5.12. The summed E-state index contributed by atoms with van der Waals surface area (Å²) in [6.07, 6.45) is -4.38. The number of halogens is 4. The summed E-state index contributed by atoms with van der Waals surface area (Å²) in [5.41, 5.74) is 1.22. The van der Waals surface area contributed by atoms with Gasteiger partial charge in [0.25, 0.3) is 5.91 Å². The molecule has 1 N–H and O–H groups in total. The molecule has 0 spiro atoms. The Morgan fingerprint density at radius 2 is 1.97 bits per heavy atom. The highest BCUT2D eigenvalue weighted by atomic mass is 19.4. The molecule has 0 aliphatic heterocycles. The summed E-state index contributed by atoms with van der Waals surface area (Å²) >= 11 is 0. The number of amides is 1. The quantitative estimate of drug-likeness (QED) is 0.408. The molecule has 32 heavy (non-hydrogen) atoms. The topological polar surface area (TPSA) is 72.3 Å². The first-order valence-electron chi connectivity index (χ1n) is 9.68. The van der Waals surface area contributed by atoms with Crippen LogP contribution in [0, 0.1) is 12.7 Å². The van der Waals surface area contributed by atoms with Crippen LogP contribution in [-0.2, 0) is 33.7 Å². The van der Waals surface area contributed by atoms with Crippen molar-refractivity contribution in [2.45, 2.75) is 32.5 Å². The van der Waals surface area contributed by atoms with Crippen LogP contribution in [0.25, 0.3) is 0 Å². The Morgan fingerprint density at radius 3 is 2.62 bits per heavy atom. The number of hydrogen-bond donors (Lipinski definition) is 1. The predicted molar refractivity (Wildman–Crippen MR) is 110 cm³/mol. The maximum Gasteiger partial charge on any atom is 0.416 e. The molecule has 2 aromatic carbocycles. The molecule has 3 rings (SSSR count). The average molecular weight is 451 g/mol. The van der Waals surface area contributed by atoms with Crippen molar-refractivity contribution >= 4 is 17.3 Å². The lowest BCUT2D eigenvalue weighted by molar-refractivity contribution is -0.138. The first-order valence-corrected chi connectivity index (χ1v) is 9.68. The zero-order chi connectivity index (χ0) is 23.5. The third kappa shape index (κ3) is 4.74. The van der Waals surface area contributed by atoms with E-state index in [0.717, 1.165) is 11.6 Å². The molecule has 0 atom stereocenters. The molecule has 170 valence electrons. The molecular weight excluding hydrogens is 430 g/mol. The molecule has 0 bridgehead atoms. The van der Waals surface area contributed by atoms with Crippen LogP contribution in [0.2, 0.25) is 0 Å². The molecular formula is C22H21F4N3O3. The van der Waals surface area contributed by atoms with E-state index in [-0.39, 0.29) is 42.0 Å². The number of fused-ring (bicyclic) bond motifs is 1. The van der Waals surface area contributed by atoms with E-state index < -0.39 is 23.5 Å². The number of alkyl halides is 3. The number of aryl methyl sites for hydroxylation is 1. The van der Waals surface area contributed by atoms with Crippen LogP contribution in [0.1, 0.15) is 39.8 Å². The van der Waals surface area contributed by atoms with Crippen molar-refractivity contribution in [2.24, 2.45) is 10.3 Å². The van der Waals surface area contributed by atoms with Crippen LogP contribution in [0.3, 0.4) is 0 Å². The SMILES string of the molecule is CNC(=O)/C(=N/OC)c1cccc(C)c1CO/N=C1\CCc2c1cc(F)cc2C(F)(F)F. The van der Waals surface area contributed by atoms with E-state index in [2.05, 4.69) is 15.6 Å². The minimum Gasteiger partial charge on any atom is -0.398 e. The van der Waals surface area contributed by atoms with Gasteiger partial charge in [-0.05, 0) is 43.0 Å². The number of nitrogens with zero attached hydrogens (tertiary/aromatic N) is 2. The molecule has 0 saturated heterocycles. The number of benzene rings is 2.